The fraction of sp³-hybridized carbons (Fsp3) is 0.533. The first kappa shape index (κ1) is 16.4. The maximum atomic E-state index is 12.0. The smallest absolute Gasteiger partial charge is 0.260 e. The van der Waals surface area contributed by atoms with Gasteiger partial charge in [0.05, 0.1) is 5.02 Å². The minimum atomic E-state index is -0.597. The van der Waals surface area contributed by atoms with Crippen LogP contribution in [0.1, 0.15) is 19.8 Å². The molecule has 1 aromatic carbocycles. The van der Waals surface area contributed by atoms with Crippen molar-refractivity contribution in [1.29, 1.82) is 0 Å². The van der Waals surface area contributed by atoms with E-state index in [0.717, 1.165) is 25.9 Å². The zero-order valence-corrected chi connectivity index (χ0v) is 13.5. The number of ether oxygens (including phenoxy) is 1. The Hall–Kier alpha value is -0.970. The summed E-state index contributed by atoms with van der Waals surface area (Å²) in [6.45, 7) is 4.41. The van der Waals surface area contributed by atoms with Gasteiger partial charge in [-0.15, -0.1) is 0 Å². The molecule has 21 heavy (non-hydrogen) atoms. The number of carbonyl (C=O) groups is 1. The number of rotatable bonds is 5. The highest BCUT2D eigenvalue weighted by Crippen LogP contribution is 2.28. The van der Waals surface area contributed by atoms with Crippen LogP contribution in [-0.4, -0.2) is 31.6 Å². The Morgan fingerprint density at radius 2 is 2.33 bits per heavy atom. The Morgan fingerprint density at radius 1 is 1.52 bits per heavy atom. The second kappa shape index (κ2) is 7.87. The Labute approximate surface area is 135 Å². The summed E-state index contributed by atoms with van der Waals surface area (Å²) in [5.41, 5.74) is 0. The summed E-state index contributed by atoms with van der Waals surface area (Å²) in [5, 5.41) is 7.20. The molecule has 1 aromatic rings. The number of amides is 1. The maximum Gasteiger partial charge on any atom is 0.260 e. The lowest BCUT2D eigenvalue weighted by atomic mass is 10.00. The number of piperidine rings is 1. The molecule has 1 aliphatic rings. The lowest BCUT2D eigenvalue weighted by Crippen LogP contribution is -2.42. The average Bonchev–Trinajstić information content (AvgIpc) is 2.48. The summed E-state index contributed by atoms with van der Waals surface area (Å²) in [5.74, 6) is 0.823. The van der Waals surface area contributed by atoms with Crippen LogP contribution in [0, 0.1) is 5.92 Å². The van der Waals surface area contributed by atoms with Gasteiger partial charge in [-0.3, -0.25) is 4.79 Å². The van der Waals surface area contributed by atoms with Gasteiger partial charge in [0.15, 0.2) is 6.10 Å². The number of carbonyl (C=O) groups excluding carboxylic acids is 1. The molecule has 2 atom stereocenters. The van der Waals surface area contributed by atoms with Crippen molar-refractivity contribution in [3.63, 3.8) is 0 Å². The number of hydrogen-bond acceptors (Lipinski definition) is 3. The molecule has 1 saturated heterocycles. The third-order valence-corrected chi connectivity index (χ3v) is 4.06. The standard InChI is InChI=1S/C15H20Cl2N2O2/c1-10(21-14-5-4-12(16)7-13(14)17)15(20)19-9-11-3-2-6-18-8-11/h4-5,7,10-11,18H,2-3,6,8-9H2,1H3,(H,19,20). The van der Waals surface area contributed by atoms with E-state index >= 15 is 0 Å². The minimum Gasteiger partial charge on any atom is -0.479 e. The normalized spacial score (nSPS) is 19.9. The van der Waals surface area contributed by atoms with Crippen molar-refractivity contribution in [2.24, 2.45) is 5.92 Å². The van der Waals surface area contributed by atoms with E-state index in [1.165, 1.54) is 0 Å². The zero-order chi connectivity index (χ0) is 15.2. The van der Waals surface area contributed by atoms with Crippen LogP contribution in [0.5, 0.6) is 5.75 Å². The molecule has 1 aliphatic heterocycles. The highest BCUT2D eigenvalue weighted by molar-refractivity contribution is 6.35. The minimum absolute atomic E-state index is 0.133. The molecule has 2 N–H and O–H groups in total. The second-order valence-electron chi connectivity index (χ2n) is 5.29. The van der Waals surface area contributed by atoms with Crippen LogP contribution in [0.4, 0.5) is 0 Å². The fourth-order valence-electron chi connectivity index (χ4n) is 2.30. The lowest BCUT2D eigenvalue weighted by molar-refractivity contribution is -0.127. The molecule has 2 rings (SSSR count). The number of benzene rings is 1. The van der Waals surface area contributed by atoms with Crippen molar-refractivity contribution >= 4 is 29.1 Å². The molecule has 0 radical (unpaired) electrons. The van der Waals surface area contributed by atoms with Crippen LogP contribution in [0.25, 0.3) is 0 Å². The van der Waals surface area contributed by atoms with E-state index < -0.39 is 6.10 Å². The molecular formula is C15H20Cl2N2O2. The molecule has 0 saturated carbocycles. The predicted molar refractivity (Wildman–Crippen MR) is 85.2 cm³/mol. The van der Waals surface area contributed by atoms with Gasteiger partial charge in [-0.05, 0) is 57.0 Å². The molecule has 4 nitrogen and oxygen atoms in total. The molecule has 0 aliphatic carbocycles. The van der Waals surface area contributed by atoms with Gasteiger partial charge in [-0.2, -0.15) is 0 Å². The van der Waals surface area contributed by atoms with Gasteiger partial charge < -0.3 is 15.4 Å². The van der Waals surface area contributed by atoms with Crippen molar-refractivity contribution < 1.29 is 9.53 Å². The van der Waals surface area contributed by atoms with Crippen LogP contribution in [-0.2, 0) is 4.79 Å². The lowest BCUT2D eigenvalue weighted by Gasteiger charge is -2.24. The van der Waals surface area contributed by atoms with Crippen LogP contribution >= 0.6 is 23.2 Å². The topological polar surface area (TPSA) is 50.4 Å². The molecule has 0 spiro atoms. The molecule has 1 fully saturated rings. The third-order valence-electron chi connectivity index (χ3n) is 3.53. The van der Waals surface area contributed by atoms with E-state index in [1.807, 2.05) is 0 Å². The van der Waals surface area contributed by atoms with Crippen molar-refractivity contribution in [2.45, 2.75) is 25.9 Å². The molecule has 0 aromatic heterocycles. The quantitative estimate of drug-likeness (QED) is 0.872. The predicted octanol–water partition coefficient (Wildman–Crippen LogP) is 2.88. The monoisotopic (exact) mass is 330 g/mol. The molecular weight excluding hydrogens is 311 g/mol. The SMILES string of the molecule is CC(Oc1ccc(Cl)cc1Cl)C(=O)NCC1CCCNC1. The van der Waals surface area contributed by atoms with Crippen molar-refractivity contribution in [2.75, 3.05) is 19.6 Å². The Kier molecular flexibility index (Phi) is 6.15. The Morgan fingerprint density at radius 3 is 3.00 bits per heavy atom. The van der Waals surface area contributed by atoms with Crippen LogP contribution in [0.2, 0.25) is 10.0 Å². The zero-order valence-electron chi connectivity index (χ0n) is 12.0. The molecule has 2 unspecified atom stereocenters. The number of halogens is 2. The number of hydrogen-bond donors (Lipinski definition) is 2. The summed E-state index contributed by atoms with van der Waals surface area (Å²) in [4.78, 5) is 12.0. The first-order valence-electron chi connectivity index (χ1n) is 7.16. The van der Waals surface area contributed by atoms with Gasteiger partial charge in [0.1, 0.15) is 5.75 Å². The van der Waals surface area contributed by atoms with Crippen molar-refractivity contribution in [1.82, 2.24) is 10.6 Å². The number of nitrogens with one attached hydrogen (secondary N) is 2. The van der Waals surface area contributed by atoms with Gasteiger partial charge in [-0.25, -0.2) is 0 Å². The van der Waals surface area contributed by atoms with E-state index in [1.54, 1.807) is 25.1 Å². The average molecular weight is 331 g/mol. The molecule has 116 valence electrons. The molecule has 0 bridgehead atoms. The van der Waals surface area contributed by atoms with E-state index in [0.29, 0.717) is 28.3 Å². The van der Waals surface area contributed by atoms with Gasteiger partial charge in [0, 0.05) is 11.6 Å². The van der Waals surface area contributed by atoms with E-state index in [2.05, 4.69) is 10.6 Å². The summed E-state index contributed by atoms with van der Waals surface area (Å²) in [6.07, 6.45) is 1.71. The summed E-state index contributed by atoms with van der Waals surface area (Å²) < 4.78 is 5.58. The Bertz CT molecular complexity index is 491. The van der Waals surface area contributed by atoms with Crippen LogP contribution < -0.4 is 15.4 Å². The highest BCUT2D eigenvalue weighted by atomic mass is 35.5. The van der Waals surface area contributed by atoms with E-state index in [4.69, 9.17) is 27.9 Å². The van der Waals surface area contributed by atoms with Crippen molar-refractivity contribution in [3.8, 4) is 5.75 Å². The van der Waals surface area contributed by atoms with Crippen LogP contribution in [0.15, 0.2) is 18.2 Å². The van der Waals surface area contributed by atoms with Crippen molar-refractivity contribution in [3.05, 3.63) is 28.2 Å². The molecule has 1 amide bonds. The first-order valence-corrected chi connectivity index (χ1v) is 7.92. The largest absolute Gasteiger partial charge is 0.479 e. The highest BCUT2D eigenvalue weighted by Gasteiger charge is 2.19. The van der Waals surface area contributed by atoms with Crippen LogP contribution in [0.3, 0.4) is 0 Å². The maximum absolute atomic E-state index is 12.0. The summed E-state index contributed by atoms with van der Waals surface area (Å²) in [6, 6.07) is 4.94. The molecule has 6 heteroatoms. The first-order chi connectivity index (χ1) is 10.1. The van der Waals surface area contributed by atoms with Gasteiger partial charge in [0.2, 0.25) is 0 Å². The summed E-state index contributed by atoms with van der Waals surface area (Å²) in [7, 11) is 0. The van der Waals surface area contributed by atoms with E-state index in [-0.39, 0.29) is 5.91 Å². The van der Waals surface area contributed by atoms with Gasteiger partial charge in [-0.1, -0.05) is 23.2 Å². The van der Waals surface area contributed by atoms with E-state index in [9.17, 15) is 4.79 Å². The van der Waals surface area contributed by atoms with Gasteiger partial charge >= 0.3 is 0 Å². The van der Waals surface area contributed by atoms with Gasteiger partial charge in [0.25, 0.3) is 5.91 Å². The second-order valence-corrected chi connectivity index (χ2v) is 6.14. The third kappa shape index (κ3) is 5.06. The fourth-order valence-corrected chi connectivity index (χ4v) is 2.75. The molecule has 1 heterocycles. The summed E-state index contributed by atoms with van der Waals surface area (Å²) >= 11 is 11.9. The Balaban J connectivity index is 1.81.